The monoisotopic (exact) mass is 502 g/mol. The molecule has 0 amide bonds. The van der Waals surface area contributed by atoms with Crippen LogP contribution >= 0.6 is 0 Å². The van der Waals surface area contributed by atoms with E-state index in [0.29, 0.717) is 13.2 Å². The molecule has 8 nitrogen and oxygen atoms in total. The first kappa shape index (κ1) is 31.8. The minimum absolute atomic E-state index is 0.0862. The van der Waals surface area contributed by atoms with Gasteiger partial charge in [0.1, 0.15) is 13.2 Å². The second kappa shape index (κ2) is 15.8. The number of rotatable bonds is 14. The Morgan fingerprint density at radius 3 is 1.34 bits per heavy atom. The highest BCUT2D eigenvalue weighted by atomic mass is 16.6. The van der Waals surface area contributed by atoms with E-state index >= 15 is 0 Å². The highest BCUT2D eigenvalue weighted by Crippen LogP contribution is 2.28. The molecule has 0 aliphatic heterocycles. The van der Waals surface area contributed by atoms with Crippen LogP contribution in [0.3, 0.4) is 0 Å². The van der Waals surface area contributed by atoms with Gasteiger partial charge in [-0.1, -0.05) is 19.3 Å². The molecule has 0 bridgehead atoms. The molecule has 1 fully saturated rings. The van der Waals surface area contributed by atoms with Gasteiger partial charge in [-0.05, 0) is 81.1 Å². The Balaban J connectivity index is 2.59. The maximum atomic E-state index is 12.6. The summed E-state index contributed by atoms with van der Waals surface area (Å²) in [6, 6.07) is 0. The van der Waals surface area contributed by atoms with Gasteiger partial charge in [0, 0.05) is 0 Å². The molecular formula is C27H50O8. The molecule has 0 aromatic rings. The van der Waals surface area contributed by atoms with Gasteiger partial charge in [0.2, 0.25) is 0 Å². The highest BCUT2D eigenvalue weighted by molar-refractivity contribution is 5.79. The third-order valence-corrected chi connectivity index (χ3v) is 5.80. The van der Waals surface area contributed by atoms with Crippen molar-refractivity contribution in [2.45, 2.75) is 136 Å². The van der Waals surface area contributed by atoms with Crippen molar-refractivity contribution in [1.29, 1.82) is 0 Å². The summed E-state index contributed by atoms with van der Waals surface area (Å²) in [4.78, 5) is 25.2. The predicted molar refractivity (Wildman–Crippen MR) is 134 cm³/mol. The standard InChI is InChI=1S/C27H50O8/c1-20(2)30-16-18-32-24(28)26(5,6)34-22-12-10-9-11-13-23(15-14-22)35-27(7,8)25(29)33-19-17-31-21(3)4/h20-23H,9-19H2,1-8H3. The van der Waals surface area contributed by atoms with Crippen LogP contribution in [0.2, 0.25) is 0 Å². The first-order chi connectivity index (χ1) is 16.3. The van der Waals surface area contributed by atoms with Gasteiger partial charge in [0.05, 0.1) is 37.6 Å². The molecule has 0 aromatic heterocycles. The smallest absolute Gasteiger partial charge is 0.337 e. The summed E-state index contributed by atoms with van der Waals surface area (Å²) in [5, 5.41) is 0. The summed E-state index contributed by atoms with van der Waals surface area (Å²) in [6.07, 6.45) is 6.34. The van der Waals surface area contributed by atoms with Crippen LogP contribution in [0.4, 0.5) is 0 Å². The predicted octanol–water partition coefficient (Wildman–Crippen LogP) is 4.99. The molecular weight excluding hydrogens is 452 g/mol. The molecule has 35 heavy (non-hydrogen) atoms. The lowest BCUT2D eigenvalue weighted by atomic mass is 10.0. The lowest BCUT2D eigenvalue weighted by Crippen LogP contribution is -2.42. The summed E-state index contributed by atoms with van der Waals surface area (Å²) in [5.41, 5.74) is -2.10. The van der Waals surface area contributed by atoms with E-state index in [4.69, 9.17) is 28.4 Å². The van der Waals surface area contributed by atoms with Crippen molar-refractivity contribution >= 4 is 11.9 Å². The Morgan fingerprint density at radius 1 is 0.629 bits per heavy atom. The van der Waals surface area contributed by atoms with E-state index in [-0.39, 0.29) is 49.6 Å². The molecule has 0 N–H and O–H groups in total. The van der Waals surface area contributed by atoms with Crippen molar-refractivity contribution in [2.24, 2.45) is 0 Å². The number of esters is 2. The Bertz CT molecular complexity index is 562. The molecule has 1 aliphatic rings. The van der Waals surface area contributed by atoms with Crippen molar-refractivity contribution in [1.82, 2.24) is 0 Å². The van der Waals surface area contributed by atoms with Crippen LogP contribution < -0.4 is 0 Å². The van der Waals surface area contributed by atoms with E-state index in [1.807, 2.05) is 27.7 Å². The number of hydrogen-bond acceptors (Lipinski definition) is 8. The van der Waals surface area contributed by atoms with Crippen molar-refractivity contribution in [3.8, 4) is 0 Å². The lowest BCUT2D eigenvalue weighted by Gasteiger charge is -2.31. The Labute approximate surface area is 212 Å². The largest absolute Gasteiger partial charge is 0.461 e. The van der Waals surface area contributed by atoms with E-state index in [1.54, 1.807) is 27.7 Å². The van der Waals surface area contributed by atoms with Crippen LogP contribution in [0, 0.1) is 0 Å². The van der Waals surface area contributed by atoms with E-state index in [0.717, 1.165) is 44.9 Å². The summed E-state index contributed by atoms with van der Waals surface area (Å²) < 4.78 is 34.1. The number of carbonyl (C=O) groups is 2. The maximum Gasteiger partial charge on any atom is 0.337 e. The first-order valence-corrected chi connectivity index (χ1v) is 13.3. The molecule has 1 saturated carbocycles. The quantitative estimate of drug-likeness (QED) is 0.242. The third kappa shape index (κ3) is 13.6. The van der Waals surface area contributed by atoms with Crippen molar-refractivity contribution in [3.63, 3.8) is 0 Å². The summed E-state index contributed by atoms with van der Waals surface area (Å²) >= 11 is 0. The molecule has 8 heteroatoms. The molecule has 0 radical (unpaired) electrons. The topological polar surface area (TPSA) is 89.5 Å². The molecule has 0 spiro atoms. The normalized spacial score (nSPS) is 20.3. The number of hydrogen-bond donors (Lipinski definition) is 0. The molecule has 2 atom stereocenters. The fourth-order valence-electron chi connectivity index (χ4n) is 3.93. The zero-order valence-corrected chi connectivity index (χ0v) is 23.4. The van der Waals surface area contributed by atoms with Crippen LogP contribution in [0.15, 0.2) is 0 Å². The van der Waals surface area contributed by atoms with Crippen LogP contribution in [0.5, 0.6) is 0 Å². The fraction of sp³-hybridized carbons (Fsp3) is 0.926. The van der Waals surface area contributed by atoms with Crippen molar-refractivity contribution in [3.05, 3.63) is 0 Å². The van der Waals surface area contributed by atoms with Gasteiger partial charge in [0.25, 0.3) is 0 Å². The van der Waals surface area contributed by atoms with Gasteiger partial charge < -0.3 is 28.4 Å². The molecule has 0 heterocycles. The zero-order valence-electron chi connectivity index (χ0n) is 23.4. The third-order valence-electron chi connectivity index (χ3n) is 5.80. The summed E-state index contributed by atoms with van der Waals surface area (Å²) in [5.74, 6) is -0.772. The number of ether oxygens (including phenoxy) is 6. The Morgan fingerprint density at radius 2 is 1.00 bits per heavy atom. The van der Waals surface area contributed by atoms with Crippen LogP contribution in [0.25, 0.3) is 0 Å². The summed E-state index contributed by atoms with van der Waals surface area (Å²) in [6.45, 7) is 15.9. The van der Waals surface area contributed by atoms with E-state index in [2.05, 4.69) is 0 Å². The molecule has 2 unspecified atom stereocenters. The Hall–Kier alpha value is -1.22. The number of carbonyl (C=O) groups excluding carboxylic acids is 2. The maximum absolute atomic E-state index is 12.6. The zero-order chi connectivity index (χ0) is 26.5. The van der Waals surface area contributed by atoms with E-state index in [1.165, 1.54) is 0 Å². The first-order valence-electron chi connectivity index (χ1n) is 13.3. The van der Waals surface area contributed by atoms with Crippen molar-refractivity contribution < 1.29 is 38.0 Å². The van der Waals surface area contributed by atoms with Gasteiger partial charge in [0.15, 0.2) is 11.2 Å². The van der Waals surface area contributed by atoms with Crippen LogP contribution in [-0.2, 0) is 38.0 Å². The second-order valence-corrected chi connectivity index (χ2v) is 10.8. The summed E-state index contributed by atoms with van der Waals surface area (Å²) in [7, 11) is 0. The average molecular weight is 503 g/mol. The van der Waals surface area contributed by atoms with Crippen LogP contribution in [-0.4, -0.2) is 74.0 Å². The highest BCUT2D eigenvalue weighted by Gasteiger charge is 2.36. The van der Waals surface area contributed by atoms with Crippen molar-refractivity contribution in [2.75, 3.05) is 26.4 Å². The van der Waals surface area contributed by atoms with E-state index in [9.17, 15) is 9.59 Å². The molecule has 1 rings (SSSR count). The SMILES string of the molecule is CC(C)OCCOC(=O)C(C)(C)OC1CCCCCC(OC(C)(C)C(=O)OCCOC(C)C)CC1. The molecule has 206 valence electrons. The molecule has 0 aromatic carbocycles. The minimum atomic E-state index is -1.05. The van der Waals surface area contributed by atoms with Gasteiger partial charge in [-0.3, -0.25) is 0 Å². The van der Waals surface area contributed by atoms with Gasteiger partial charge in [-0.15, -0.1) is 0 Å². The molecule has 1 aliphatic carbocycles. The van der Waals surface area contributed by atoms with E-state index < -0.39 is 11.2 Å². The van der Waals surface area contributed by atoms with Gasteiger partial charge in [-0.25, -0.2) is 9.59 Å². The fourth-order valence-corrected chi connectivity index (χ4v) is 3.93. The van der Waals surface area contributed by atoms with Gasteiger partial charge >= 0.3 is 11.9 Å². The second-order valence-electron chi connectivity index (χ2n) is 10.8. The van der Waals surface area contributed by atoms with Crippen LogP contribution in [0.1, 0.15) is 100 Å². The Kier molecular flexibility index (Phi) is 14.4. The minimum Gasteiger partial charge on any atom is -0.461 e. The molecule has 0 saturated heterocycles. The average Bonchev–Trinajstić information content (AvgIpc) is 2.85. The van der Waals surface area contributed by atoms with Gasteiger partial charge in [-0.2, -0.15) is 0 Å². The lowest BCUT2D eigenvalue weighted by molar-refractivity contribution is -0.181.